The SMILES string of the molecule is CCCNc1cc(C)ncc1C(=O)Nc1ccccc1. The fraction of sp³-hybridized carbons (Fsp3) is 0.250. The third-order valence-corrected chi connectivity index (χ3v) is 2.88. The summed E-state index contributed by atoms with van der Waals surface area (Å²) >= 11 is 0. The van der Waals surface area contributed by atoms with Gasteiger partial charge in [0.1, 0.15) is 0 Å². The Kier molecular flexibility index (Phi) is 4.71. The number of hydrogen-bond acceptors (Lipinski definition) is 3. The number of para-hydroxylation sites is 1. The molecule has 20 heavy (non-hydrogen) atoms. The molecule has 0 aliphatic carbocycles. The summed E-state index contributed by atoms with van der Waals surface area (Å²) in [6, 6.07) is 11.3. The maximum atomic E-state index is 12.3. The zero-order valence-corrected chi connectivity index (χ0v) is 11.8. The van der Waals surface area contributed by atoms with E-state index in [0.717, 1.165) is 30.0 Å². The van der Waals surface area contributed by atoms with Crippen LogP contribution in [-0.4, -0.2) is 17.4 Å². The summed E-state index contributed by atoms with van der Waals surface area (Å²) < 4.78 is 0. The van der Waals surface area contributed by atoms with Gasteiger partial charge in [-0.25, -0.2) is 0 Å². The van der Waals surface area contributed by atoms with Crippen LogP contribution in [0.1, 0.15) is 29.4 Å². The van der Waals surface area contributed by atoms with Crippen LogP contribution in [0.5, 0.6) is 0 Å². The standard InChI is InChI=1S/C16H19N3O/c1-3-9-17-15-10-12(2)18-11-14(15)16(20)19-13-7-5-4-6-8-13/h4-8,10-11H,3,9H2,1-2H3,(H,17,18)(H,19,20). The third-order valence-electron chi connectivity index (χ3n) is 2.88. The maximum Gasteiger partial charge on any atom is 0.259 e. The van der Waals surface area contributed by atoms with Crippen molar-refractivity contribution in [2.24, 2.45) is 0 Å². The number of benzene rings is 1. The van der Waals surface area contributed by atoms with Gasteiger partial charge in [0.05, 0.1) is 11.3 Å². The second kappa shape index (κ2) is 6.70. The summed E-state index contributed by atoms with van der Waals surface area (Å²) in [5, 5.41) is 6.15. The normalized spacial score (nSPS) is 10.1. The Balaban J connectivity index is 2.20. The van der Waals surface area contributed by atoms with Crippen molar-refractivity contribution >= 4 is 17.3 Å². The van der Waals surface area contributed by atoms with Crippen molar-refractivity contribution in [3.8, 4) is 0 Å². The zero-order valence-electron chi connectivity index (χ0n) is 11.8. The lowest BCUT2D eigenvalue weighted by Crippen LogP contribution is -2.15. The molecule has 0 atom stereocenters. The maximum absolute atomic E-state index is 12.3. The Morgan fingerprint density at radius 3 is 2.70 bits per heavy atom. The monoisotopic (exact) mass is 269 g/mol. The summed E-state index contributed by atoms with van der Waals surface area (Å²) in [5.74, 6) is -0.151. The van der Waals surface area contributed by atoms with E-state index >= 15 is 0 Å². The molecule has 0 saturated carbocycles. The van der Waals surface area contributed by atoms with Gasteiger partial charge in [0.2, 0.25) is 0 Å². The Hall–Kier alpha value is -2.36. The lowest BCUT2D eigenvalue weighted by molar-refractivity contribution is 0.102. The van der Waals surface area contributed by atoms with Crippen molar-refractivity contribution < 1.29 is 4.79 Å². The summed E-state index contributed by atoms with van der Waals surface area (Å²) in [5.41, 5.74) is 3.06. The number of nitrogens with zero attached hydrogens (tertiary/aromatic N) is 1. The molecule has 104 valence electrons. The number of carbonyl (C=O) groups is 1. The first kappa shape index (κ1) is 14.1. The molecule has 2 rings (SSSR count). The average Bonchev–Trinajstić information content (AvgIpc) is 2.46. The van der Waals surface area contributed by atoms with Gasteiger partial charge in [-0.05, 0) is 31.5 Å². The topological polar surface area (TPSA) is 54.0 Å². The van der Waals surface area contributed by atoms with Gasteiger partial charge in [-0.15, -0.1) is 0 Å². The molecule has 1 aromatic carbocycles. The summed E-state index contributed by atoms with van der Waals surface area (Å²) in [6.07, 6.45) is 2.62. The molecule has 0 fully saturated rings. The molecule has 0 unspecified atom stereocenters. The van der Waals surface area contributed by atoms with Crippen LogP contribution in [0.3, 0.4) is 0 Å². The molecule has 0 spiro atoms. The molecule has 2 N–H and O–H groups in total. The van der Waals surface area contributed by atoms with Crippen molar-refractivity contribution in [1.82, 2.24) is 4.98 Å². The Morgan fingerprint density at radius 2 is 2.00 bits per heavy atom. The first-order valence-electron chi connectivity index (χ1n) is 6.77. The van der Waals surface area contributed by atoms with Gasteiger partial charge in [0.25, 0.3) is 5.91 Å². The Morgan fingerprint density at radius 1 is 1.25 bits per heavy atom. The highest BCUT2D eigenvalue weighted by Gasteiger charge is 2.12. The molecule has 1 heterocycles. The fourth-order valence-corrected chi connectivity index (χ4v) is 1.87. The van der Waals surface area contributed by atoms with Crippen LogP contribution >= 0.6 is 0 Å². The van der Waals surface area contributed by atoms with E-state index in [0.29, 0.717) is 5.56 Å². The van der Waals surface area contributed by atoms with Crippen molar-refractivity contribution in [2.75, 3.05) is 17.2 Å². The quantitative estimate of drug-likeness (QED) is 0.874. The van der Waals surface area contributed by atoms with Crippen molar-refractivity contribution in [3.63, 3.8) is 0 Å². The molecule has 1 aromatic heterocycles. The van der Waals surface area contributed by atoms with Crippen LogP contribution in [0.25, 0.3) is 0 Å². The van der Waals surface area contributed by atoms with Gasteiger partial charge in [-0.1, -0.05) is 25.1 Å². The van der Waals surface area contributed by atoms with E-state index < -0.39 is 0 Å². The molecule has 4 nitrogen and oxygen atoms in total. The third kappa shape index (κ3) is 3.57. The van der Waals surface area contributed by atoms with Crippen LogP contribution in [-0.2, 0) is 0 Å². The molecular formula is C16H19N3O. The van der Waals surface area contributed by atoms with E-state index in [1.54, 1.807) is 6.20 Å². The van der Waals surface area contributed by atoms with Gasteiger partial charge in [0, 0.05) is 24.1 Å². The molecule has 0 aliphatic heterocycles. The van der Waals surface area contributed by atoms with Crippen LogP contribution in [0.4, 0.5) is 11.4 Å². The minimum atomic E-state index is -0.151. The van der Waals surface area contributed by atoms with E-state index in [2.05, 4.69) is 22.5 Å². The highest BCUT2D eigenvalue weighted by molar-refractivity contribution is 6.07. The first-order valence-corrected chi connectivity index (χ1v) is 6.77. The second-order valence-corrected chi connectivity index (χ2v) is 4.62. The van der Waals surface area contributed by atoms with E-state index in [1.807, 2.05) is 43.3 Å². The van der Waals surface area contributed by atoms with Gasteiger partial charge in [0.15, 0.2) is 0 Å². The summed E-state index contributed by atoms with van der Waals surface area (Å²) in [7, 11) is 0. The van der Waals surface area contributed by atoms with Crippen LogP contribution in [0.2, 0.25) is 0 Å². The summed E-state index contributed by atoms with van der Waals surface area (Å²) in [4.78, 5) is 16.5. The molecule has 0 bridgehead atoms. The van der Waals surface area contributed by atoms with E-state index in [-0.39, 0.29) is 5.91 Å². The predicted octanol–water partition coefficient (Wildman–Crippen LogP) is 3.46. The van der Waals surface area contributed by atoms with Crippen LogP contribution in [0, 0.1) is 6.92 Å². The molecule has 2 aromatic rings. The average molecular weight is 269 g/mol. The van der Waals surface area contributed by atoms with E-state index in [1.165, 1.54) is 0 Å². The number of amides is 1. The molecule has 4 heteroatoms. The molecular weight excluding hydrogens is 250 g/mol. The van der Waals surface area contributed by atoms with Gasteiger partial charge < -0.3 is 10.6 Å². The number of aryl methyl sites for hydroxylation is 1. The smallest absolute Gasteiger partial charge is 0.259 e. The number of aromatic nitrogens is 1. The number of hydrogen-bond donors (Lipinski definition) is 2. The molecule has 0 saturated heterocycles. The van der Waals surface area contributed by atoms with E-state index in [9.17, 15) is 4.79 Å². The van der Waals surface area contributed by atoms with Crippen LogP contribution in [0.15, 0.2) is 42.6 Å². The minimum Gasteiger partial charge on any atom is -0.384 e. The Bertz CT molecular complexity index is 582. The second-order valence-electron chi connectivity index (χ2n) is 4.62. The minimum absolute atomic E-state index is 0.151. The number of pyridine rings is 1. The summed E-state index contributed by atoms with van der Waals surface area (Å²) in [6.45, 7) is 4.83. The van der Waals surface area contributed by atoms with Crippen molar-refractivity contribution in [1.29, 1.82) is 0 Å². The van der Waals surface area contributed by atoms with Gasteiger partial charge in [-0.2, -0.15) is 0 Å². The Labute approximate surface area is 119 Å². The highest BCUT2D eigenvalue weighted by atomic mass is 16.1. The van der Waals surface area contributed by atoms with Gasteiger partial charge >= 0.3 is 0 Å². The van der Waals surface area contributed by atoms with Crippen LogP contribution < -0.4 is 10.6 Å². The highest BCUT2D eigenvalue weighted by Crippen LogP contribution is 2.18. The van der Waals surface area contributed by atoms with E-state index in [4.69, 9.17) is 0 Å². The molecule has 0 radical (unpaired) electrons. The zero-order chi connectivity index (χ0) is 14.4. The molecule has 0 aliphatic rings. The lowest BCUT2D eigenvalue weighted by atomic mass is 10.2. The first-order chi connectivity index (χ1) is 9.70. The van der Waals surface area contributed by atoms with Crippen molar-refractivity contribution in [3.05, 3.63) is 53.9 Å². The largest absolute Gasteiger partial charge is 0.384 e. The molecule has 1 amide bonds. The number of nitrogens with one attached hydrogen (secondary N) is 2. The number of rotatable bonds is 5. The fourth-order valence-electron chi connectivity index (χ4n) is 1.87. The lowest BCUT2D eigenvalue weighted by Gasteiger charge is -2.12. The number of anilines is 2. The van der Waals surface area contributed by atoms with Gasteiger partial charge in [-0.3, -0.25) is 9.78 Å². The van der Waals surface area contributed by atoms with Crippen molar-refractivity contribution in [2.45, 2.75) is 20.3 Å². The number of carbonyl (C=O) groups excluding carboxylic acids is 1. The predicted molar refractivity (Wildman–Crippen MR) is 82.1 cm³/mol.